The summed E-state index contributed by atoms with van der Waals surface area (Å²) >= 11 is 0. The molecule has 4 amide bonds. The van der Waals surface area contributed by atoms with Crippen molar-refractivity contribution in [2.45, 2.75) is 141 Å². The van der Waals surface area contributed by atoms with Gasteiger partial charge in [-0.25, -0.2) is 9.55 Å². The zero-order chi connectivity index (χ0) is 50.3. The third-order valence-corrected chi connectivity index (χ3v) is 13.4. The van der Waals surface area contributed by atoms with Gasteiger partial charge >= 0.3 is 7.82 Å². The summed E-state index contributed by atoms with van der Waals surface area (Å²) in [6, 6.07) is 16.7. The number of nitrogens with two attached hydrogens (primary N) is 1. The van der Waals surface area contributed by atoms with E-state index in [0.29, 0.717) is 18.7 Å². The van der Waals surface area contributed by atoms with Gasteiger partial charge < -0.3 is 41.0 Å². The van der Waals surface area contributed by atoms with Gasteiger partial charge in [0, 0.05) is 57.6 Å². The summed E-state index contributed by atoms with van der Waals surface area (Å²) in [7, 11) is -4.68. The molecule has 380 valence electrons. The number of aliphatic hydroxyl groups is 1. The minimum atomic E-state index is -4.68. The number of likely N-dealkylation sites (tertiary alicyclic amines) is 1. The number of hydrogen-bond acceptors (Lipinski definition) is 12. The van der Waals surface area contributed by atoms with E-state index in [9.17, 15) is 43.3 Å². The van der Waals surface area contributed by atoms with Crippen LogP contribution in [0.25, 0.3) is 0 Å². The van der Waals surface area contributed by atoms with Gasteiger partial charge in [0.1, 0.15) is 12.1 Å². The van der Waals surface area contributed by atoms with Gasteiger partial charge in [-0.05, 0) is 68.9 Å². The molecular formula is C50H73N6O12P. The molecule has 2 heterocycles. The molecule has 18 nitrogen and oxygen atoms in total. The standard InChI is InChI=1S/C50H73N6O12P/c1-34(2)25-43(54-50(63)45-28-41(31-56(45)36(4)58)66-23-16-14-22-38-20-12-8-13-21-38)46(59)27-39(26-40-30-52-33-53-40)49(62)55-44(32-57)47(60)29-42(48(51)61)35(3)68-69(64,65)67-24-15-6-5-9-17-37-18-10-7-11-19-37/h7-8,10-13,18-21,30,33-35,39,41-45,57H,5-6,9,14-17,22-29,31-32H2,1-4H3,(H2,51,61)(H,52,53)(H,54,63)(H,55,62)(H,64,65)/t35-,39-,41-,42?,43+,44+,45+/m1/s1. The molecule has 1 saturated heterocycles. The van der Waals surface area contributed by atoms with E-state index in [-0.39, 0.29) is 56.8 Å². The number of nitrogens with one attached hydrogen (secondary N) is 3. The molecule has 0 radical (unpaired) electrons. The molecule has 1 fully saturated rings. The number of carbonyl (C=O) groups excluding carboxylic acids is 6. The number of aryl methyl sites for hydroxylation is 2. The Kier molecular flexibility index (Phi) is 23.9. The molecule has 4 rings (SSSR count). The van der Waals surface area contributed by atoms with Crippen molar-refractivity contribution in [3.05, 3.63) is 90.0 Å². The molecule has 7 N–H and O–H groups in total. The Labute approximate surface area is 405 Å². The molecule has 0 aliphatic carbocycles. The molecule has 1 aromatic heterocycles. The van der Waals surface area contributed by atoms with Crippen LogP contribution in [0, 0.1) is 17.8 Å². The summed E-state index contributed by atoms with van der Waals surface area (Å²) in [5.41, 5.74) is 8.57. The lowest BCUT2D eigenvalue weighted by Crippen LogP contribution is -2.52. The summed E-state index contributed by atoms with van der Waals surface area (Å²) in [5, 5.41) is 15.7. The normalized spacial score (nSPS) is 17.9. The first-order chi connectivity index (χ1) is 33.0. The third-order valence-electron chi connectivity index (χ3n) is 12.3. The third kappa shape index (κ3) is 20.0. The van der Waals surface area contributed by atoms with Crippen molar-refractivity contribution in [1.29, 1.82) is 0 Å². The first-order valence-electron chi connectivity index (χ1n) is 24.1. The summed E-state index contributed by atoms with van der Waals surface area (Å²) < 4.78 is 29.3. The number of imidazole rings is 1. The number of aromatic nitrogens is 2. The largest absolute Gasteiger partial charge is 0.472 e. The minimum absolute atomic E-state index is 0.0361. The monoisotopic (exact) mass is 981 g/mol. The molecular weight excluding hydrogens is 908 g/mol. The molecule has 1 aliphatic heterocycles. The Morgan fingerprint density at radius 2 is 1.46 bits per heavy atom. The Hall–Kier alpha value is -5.10. The smallest absolute Gasteiger partial charge is 0.394 e. The van der Waals surface area contributed by atoms with Gasteiger partial charge in [-0.15, -0.1) is 0 Å². The number of rotatable bonds is 33. The Morgan fingerprint density at radius 1 is 0.855 bits per heavy atom. The number of phosphoric acid groups is 1. The number of hydrogen-bond donors (Lipinski definition) is 6. The highest BCUT2D eigenvalue weighted by Gasteiger charge is 2.41. The molecule has 2 aromatic carbocycles. The molecule has 0 saturated carbocycles. The molecule has 0 bridgehead atoms. The van der Waals surface area contributed by atoms with Gasteiger partial charge in [-0.3, -0.25) is 37.8 Å². The maximum atomic E-state index is 14.2. The summed E-state index contributed by atoms with van der Waals surface area (Å²) in [6.07, 6.45) is 7.11. The summed E-state index contributed by atoms with van der Waals surface area (Å²) in [4.78, 5) is 99.7. The highest BCUT2D eigenvalue weighted by atomic mass is 31.2. The predicted molar refractivity (Wildman–Crippen MR) is 258 cm³/mol. The van der Waals surface area contributed by atoms with Crippen LogP contribution in [0.5, 0.6) is 0 Å². The SMILES string of the molecule is CC(=O)N1C[C@H](OCCCCc2ccccc2)C[C@H]1C(=O)N[C@@H](CC(C)C)C(=O)C[C@@H](Cc1cnc[nH]1)C(=O)N[C@@H](CO)C(=O)CC(C(N)=O)[C@@H](C)OP(=O)(O)OCCCCCCc1ccccc1. The fourth-order valence-electron chi connectivity index (χ4n) is 8.45. The number of Topliss-reactive ketones (excluding diaryl/α,β-unsaturated/α-hetero) is 2. The predicted octanol–water partition coefficient (Wildman–Crippen LogP) is 4.95. The van der Waals surface area contributed by atoms with Gasteiger partial charge in [-0.2, -0.15) is 0 Å². The average Bonchev–Trinajstić information content (AvgIpc) is 4.00. The lowest BCUT2D eigenvalue weighted by atomic mass is 9.89. The first-order valence-corrected chi connectivity index (χ1v) is 25.6. The van der Waals surface area contributed by atoms with Crippen LogP contribution in [0.1, 0.15) is 109 Å². The number of unbranched alkanes of at least 4 members (excludes halogenated alkanes) is 4. The Bertz CT molecular complexity index is 2110. The van der Waals surface area contributed by atoms with E-state index >= 15 is 0 Å². The Balaban J connectivity index is 1.33. The highest BCUT2D eigenvalue weighted by molar-refractivity contribution is 7.47. The minimum Gasteiger partial charge on any atom is -0.394 e. The molecule has 0 spiro atoms. The molecule has 2 unspecified atom stereocenters. The number of aromatic amines is 1. The van der Waals surface area contributed by atoms with E-state index in [4.69, 9.17) is 19.5 Å². The van der Waals surface area contributed by atoms with Gasteiger partial charge in [-0.1, -0.05) is 87.4 Å². The van der Waals surface area contributed by atoms with Gasteiger partial charge in [0.2, 0.25) is 23.6 Å². The second-order valence-electron chi connectivity index (χ2n) is 18.4. The van der Waals surface area contributed by atoms with Crippen molar-refractivity contribution in [3.63, 3.8) is 0 Å². The maximum Gasteiger partial charge on any atom is 0.472 e. The fraction of sp³-hybridized carbons (Fsp3) is 0.580. The van der Waals surface area contributed by atoms with Gasteiger partial charge in [0.15, 0.2) is 11.6 Å². The quantitative estimate of drug-likeness (QED) is 0.0349. The maximum absolute atomic E-state index is 14.2. The summed E-state index contributed by atoms with van der Waals surface area (Å²) in [6.45, 7) is 6.15. The van der Waals surface area contributed by atoms with Gasteiger partial charge in [0.05, 0.1) is 49.6 Å². The number of ketones is 2. The number of carbonyl (C=O) groups is 6. The number of benzene rings is 2. The van der Waals surface area contributed by atoms with Crippen molar-refractivity contribution in [2.24, 2.45) is 23.5 Å². The lowest BCUT2D eigenvalue weighted by Gasteiger charge is -2.27. The van der Waals surface area contributed by atoms with E-state index < -0.39 is 86.2 Å². The van der Waals surface area contributed by atoms with Crippen LogP contribution in [-0.2, 0) is 66.4 Å². The first kappa shape index (κ1) is 56.5. The number of phosphoric ester groups is 1. The number of nitrogens with zero attached hydrogens (tertiary/aromatic N) is 2. The van der Waals surface area contributed by atoms with Crippen molar-refractivity contribution >= 4 is 43.0 Å². The Morgan fingerprint density at radius 3 is 2.04 bits per heavy atom. The topological polar surface area (TPSA) is 270 Å². The van der Waals surface area contributed by atoms with E-state index in [1.807, 2.05) is 50.2 Å². The van der Waals surface area contributed by atoms with Crippen LogP contribution < -0.4 is 16.4 Å². The number of H-pyrrole nitrogens is 1. The lowest BCUT2D eigenvalue weighted by molar-refractivity contribution is -0.138. The molecule has 3 aromatic rings. The van der Waals surface area contributed by atoms with Crippen molar-refractivity contribution in [1.82, 2.24) is 25.5 Å². The molecule has 19 heteroatoms. The zero-order valence-corrected chi connectivity index (χ0v) is 41.4. The number of ether oxygens (including phenoxy) is 1. The number of primary amides is 1. The van der Waals surface area contributed by atoms with E-state index in [0.717, 1.165) is 44.9 Å². The molecule has 8 atom stereocenters. The van der Waals surface area contributed by atoms with Crippen LogP contribution in [0.3, 0.4) is 0 Å². The van der Waals surface area contributed by atoms with Crippen LogP contribution in [0.15, 0.2) is 73.2 Å². The average molecular weight is 981 g/mol. The van der Waals surface area contributed by atoms with E-state index in [2.05, 4.69) is 44.9 Å². The van der Waals surface area contributed by atoms with Gasteiger partial charge in [0.25, 0.3) is 0 Å². The van der Waals surface area contributed by atoms with E-state index in [1.54, 1.807) is 0 Å². The molecule has 69 heavy (non-hydrogen) atoms. The summed E-state index contributed by atoms with van der Waals surface area (Å²) in [5.74, 6) is -6.56. The molecule has 1 aliphatic rings. The van der Waals surface area contributed by atoms with Crippen LogP contribution >= 0.6 is 7.82 Å². The van der Waals surface area contributed by atoms with Crippen molar-refractivity contribution in [3.8, 4) is 0 Å². The van der Waals surface area contributed by atoms with Crippen LogP contribution in [0.2, 0.25) is 0 Å². The van der Waals surface area contributed by atoms with Crippen LogP contribution in [0.4, 0.5) is 0 Å². The zero-order valence-electron chi connectivity index (χ0n) is 40.5. The number of amides is 4. The second-order valence-corrected chi connectivity index (χ2v) is 19.8. The van der Waals surface area contributed by atoms with Crippen LogP contribution in [-0.4, -0.2) is 117 Å². The highest BCUT2D eigenvalue weighted by Crippen LogP contribution is 2.46. The second kappa shape index (κ2) is 29.2. The fourth-order valence-corrected chi connectivity index (χ4v) is 9.44. The van der Waals surface area contributed by atoms with E-state index in [1.165, 1.54) is 42.4 Å². The number of aliphatic hydroxyl groups excluding tert-OH is 1. The van der Waals surface area contributed by atoms with Crippen molar-refractivity contribution < 1.29 is 57.1 Å². The van der Waals surface area contributed by atoms with Crippen molar-refractivity contribution in [2.75, 3.05) is 26.4 Å².